The van der Waals surface area contributed by atoms with Gasteiger partial charge in [0, 0.05) is 52.6 Å². The molecule has 74 heavy (non-hydrogen) atoms. The molecule has 1 N–H and O–H groups in total. The second-order valence-corrected chi connectivity index (χ2v) is 25.9. The van der Waals surface area contributed by atoms with Gasteiger partial charge in [-0.2, -0.15) is 0 Å². The molecule has 0 radical (unpaired) electrons. The van der Waals surface area contributed by atoms with Crippen LogP contribution in [0.2, 0.25) is 5.04 Å². The number of oxazole rings is 1. The molecule has 0 aliphatic carbocycles. The zero-order valence-corrected chi connectivity index (χ0v) is 47.3. The number of aliphatic hydroxyl groups is 1. The number of hydrogen-bond acceptors (Lipinski definition) is 14. The minimum Gasteiger partial charge on any atom is -0.497 e. The van der Waals surface area contributed by atoms with E-state index in [1.165, 1.54) is 6.26 Å². The predicted octanol–water partition coefficient (Wildman–Crippen LogP) is 9.44. The Kier molecular flexibility index (Phi) is 22.2. The van der Waals surface area contributed by atoms with Crippen LogP contribution in [-0.4, -0.2) is 115 Å². The molecule has 3 aromatic carbocycles. The smallest absolute Gasteiger partial charge is 0.311 e. The monoisotopic (exact) mass is 1040 g/mol. The molecule has 1 aliphatic rings. The molecule has 0 bridgehead atoms. The normalized spacial score (nSPS) is 20.1. The number of Topliss-reactive ketones (excluding diaryl/α,β-unsaturated/α-hetero) is 1. The molecule has 8 atom stereocenters. The number of esters is 1. The number of aliphatic hydroxyl groups excluding tert-OH is 1. The van der Waals surface area contributed by atoms with E-state index >= 15 is 0 Å². The van der Waals surface area contributed by atoms with Gasteiger partial charge in [0.25, 0.3) is 8.32 Å². The number of benzene rings is 3. The van der Waals surface area contributed by atoms with Crippen molar-refractivity contribution in [2.24, 2.45) is 17.3 Å². The fourth-order valence-corrected chi connectivity index (χ4v) is 14.2. The van der Waals surface area contributed by atoms with Crippen LogP contribution in [0.25, 0.3) is 6.08 Å². The number of ether oxygens (including phenoxy) is 8. The lowest BCUT2D eigenvalue weighted by molar-refractivity contribution is -0.297. The number of aromatic nitrogens is 1. The summed E-state index contributed by atoms with van der Waals surface area (Å²) in [5.41, 5.74) is 1.95. The molecule has 2 heterocycles. The van der Waals surface area contributed by atoms with E-state index in [2.05, 4.69) is 45.0 Å². The topological polar surface area (TPSA) is 163 Å². The summed E-state index contributed by atoms with van der Waals surface area (Å²) in [6.07, 6.45) is 3.52. The van der Waals surface area contributed by atoms with E-state index < -0.39 is 55.8 Å². The number of allylic oxidation sites excluding steroid dienone is 1. The summed E-state index contributed by atoms with van der Waals surface area (Å²) in [6.45, 7) is 20.3. The van der Waals surface area contributed by atoms with Crippen LogP contribution < -0.4 is 15.1 Å². The SMILES string of the molecule is COCO[C@H](CCOCc1ccc(OC)cc1)[C@H](C)[C@H](O)[C@@H](C)C(=O)/C(C)=C\c1coc(C[C@]2(OC)C[C@H](OC)C[C@H]([C@@H](/C=C(\C)COC(=O)C(C)(C)C)O[Si](c3ccccc3)(c3ccccc3)C(C)(C)C)O2)n1. The van der Waals surface area contributed by atoms with Gasteiger partial charge in [0.1, 0.15) is 31.1 Å². The summed E-state index contributed by atoms with van der Waals surface area (Å²) in [6, 6.07) is 28.5. The van der Waals surface area contributed by atoms with Crippen LogP contribution in [0.4, 0.5) is 0 Å². The Hall–Kier alpha value is -4.81. The fraction of sp³-hybridized carbons (Fsp3) is 0.542. The number of carbonyl (C=O) groups is 2. The van der Waals surface area contributed by atoms with Gasteiger partial charge in [-0.15, -0.1) is 0 Å². The summed E-state index contributed by atoms with van der Waals surface area (Å²) in [7, 11) is 3.25. The number of rotatable bonds is 27. The van der Waals surface area contributed by atoms with Crippen LogP contribution in [0.3, 0.4) is 0 Å². The molecule has 0 saturated carbocycles. The summed E-state index contributed by atoms with van der Waals surface area (Å²) < 4.78 is 61.7. The Morgan fingerprint density at radius 3 is 2.09 bits per heavy atom. The molecular weight excluding hydrogens is 959 g/mol. The zero-order chi connectivity index (χ0) is 54.3. The van der Waals surface area contributed by atoms with Crippen LogP contribution in [0, 0.1) is 17.3 Å². The van der Waals surface area contributed by atoms with Gasteiger partial charge in [-0.05, 0) is 91.4 Å². The van der Waals surface area contributed by atoms with Crippen LogP contribution in [0.1, 0.15) is 106 Å². The molecule has 1 aliphatic heterocycles. The number of nitrogens with zero attached hydrogens (tertiary/aromatic N) is 1. The Labute approximate surface area is 441 Å². The average molecular weight is 1040 g/mol. The van der Waals surface area contributed by atoms with Crippen molar-refractivity contribution in [1.29, 1.82) is 0 Å². The Bertz CT molecular complexity index is 2370. The quantitative estimate of drug-likeness (QED) is 0.0150. The van der Waals surface area contributed by atoms with Gasteiger partial charge >= 0.3 is 5.97 Å². The first-order chi connectivity index (χ1) is 35.1. The third kappa shape index (κ3) is 15.9. The van der Waals surface area contributed by atoms with Crippen LogP contribution in [0.15, 0.2) is 113 Å². The molecule has 15 heteroatoms. The van der Waals surface area contributed by atoms with Crippen LogP contribution in [0.5, 0.6) is 5.75 Å². The number of hydrogen-bond donors (Lipinski definition) is 1. The van der Waals surface area contributed by atoms with E-state index in [4.69, 9.17) is 51.7 Å². The average Bonchev–Trinajstić information content (AvgIpc) is 3.83. The highest BCUT2D eigenvalue weighted by molar-refractivity contribution is 6.99. The van der Waals surface area contributed by atoms with E-state index in [-0.39, 0.29) is 42.7 Å². The molecule has 14 nitrogen and oxygen atoms in total. The highest BCUT2D eigenvalue weighted by Crippen LogP contribution is 2.42. The number of carbonyl (C=O) groups excluding carboxylic acids is 2. The van der Waals surface area contributed by atoms with Crippen LogP contribution in [-0.2, 0) is 60.2 Å². The van der Waals surface area contributed by atoms with E-state index in [0.29, 0.717) is 49.6 Å². The van der Waals surface area contributed by atoms with E-state index in [1.807, 2.05) is 101 Å². The van der Waals surface area contributed by atoms with Gasteiger partial charge < -0.3 is 51.8 Å². The molecule has 406 valence electrons. The Morgan fingerprint density at radius 1 is 0.905 bits per heavy atom. The third-order valence-corrected chi connectivity index (χ3v) is 18.9. The molecule has 1 aromatic heterocycles. The van der Waals surface area contributed by atoms with Crippen molar-refractivity contribution in [1.82, 2.24) is 4.98 Å². The largest absolute Gasteiger partial charge is 0.497 e. The molecule has 0 amide bonds. The fourth-order valence-electron chi connectivity index (χ4n) is 9.55. The van der Waals surface area contributed by atoms with E-state index in [9.17, 15) is 14.7 Å². The van der Waals surface area contributed by atoms with Gasteiger partial charge in [-0.25, -0.2) is 4.98 Å². The van der Waals surface area contributed by atoms with Crippen molar-refractivity contribution in [2.75, 3.05) is 48.4 Å². The lowest BCUT2D eigenvalue weighted by Crippen LogP contribution is -2.69. The second-order valence-electron chi connectivity index (χ2n) is 21.6. The minimum absolute atomic E-state index is 0.0294. The molecular formula is C59H83NO13Si. The van der Waals surface area contributed by atoms with E-state index in [1.54, 1.807) is 48.4 Å². The maximum atomic E-state index is 13.9. The first-order valence-corrected chi connectivity index (χ1v) is 27.6. The molecule has 4 aromatic rings. The number of methoxy groups -OCH3 is 4. The van der Waals surface area contributed by atoms with Crippen molar-refractivity contribution in [3.05, 3.63) is 126 Å². The molecule has 0 unspecified atom stereocenters. The van der Waals surface area contributed by atoms with Crippen LogP contribution >= 0.6 is 0 Å². The first kappa shape index (κ1) is 60.1. The zero-order valence-electron chi connectivity index (χ0n) is 46.3. The molecule has 1 saturated heterocycles. The molecule has 0 spiro atoms. The van der Waals surface area contributed by atoms with Gasteiger partial charge in [0.05, 0.1) is 56.1 Å². The maximum Gasteiger partial charge on any atom is 0.311 e. The summed E-state index contributed by atoms with van der Waals surface area (Å²) >= 11 is 0. The van der Waals surface area contributed by atoms with Gasteiger partial charge in [-0.1, -0.05) is 113 Å². The summed E-state index contributed by atoms with van der Waals surface area (Å²) in [5.74, 6) is -1.92. The lowest BCUT2D eigenvalue weighted by atomic mass is 9.84. The van der Waals surface area contributed by atoms with E-state index in [0.717, 1.165) is 27.3 Å². The van der Waals surface area contributed by atoms with Crippen molar-refractivity contribution >= 4 is 36.5 Å². The highest BCUT2D eigenvalue weighted by atomic mass is 28.4. The van der Waals surface area contributed by atoms with Crippen molar-refractivity contribution in [3.63, 3.8) is 0 Å². The minimum atomic E-state index is -3.19. The lowest BCUT2D eigenvalue weighted by Gasteiger charge is -2.49. The molecule has 1 fully saturated rings. The number of ketones is 1. The van der Waals surface area contributed by atoms with Gasteiger partial charge in [-0.3, -0.25) is 9.59 Å². The van der Waals surface area contributed by atoms with Crippen molar-refractivity contribution in [2.45, 2.75) is 143 Å². The standard InChI is InChI=1S/C59H83NO13Si/c1-40(36-70-56(63)57(5,6)7)31-52(73-74(58(8,9)10,48-21-17-15-18-22-48)49-23-19-16-20-24-49)51-33-47(66-13)34-59(67-14,72-51)35-53-60-45(38-69-53)32-41(2)54(61)43(4)55(62)42(3)50(71-39-64-11)29-30-68-37-44-25-27-46(65-12)28-26-44/h15-28,31-32,38,42-43,47,50-52,55,62H,29-30,33-37,39H2,1-14H3/b40-31+,41-32-/t42-,43-,47+,50+,51+,52+,55-,59-/m0/s1. The maximum absolute atomic E-state index is 13.9. The summed E-state index contributed by atoms with van der Waals surface area (Å²) in [5, 5.41) is 13.4. The van der Waals surface area contributed by atoms with Crippen molar-refractivity contribution in [3.8, 4) is 5.75 Å². The Morgan fingerprint density at radius 2 is 1.54 bits per heavy atom. The predicted molar refractivity (Wildman–Crippen MR) is 289 cm³/mol. The molecule has 5 rings (SSSR count). The van der Waals surface area contributed by atoms with Crippen molar-refractivity contribution < 1.29 is 61.4 Å². The highest BCUT2D eigenvalue weighted by Gasteiger charge is 2.54. The van der Waals surface area contributed by atoms with Gasteiger partial charge in [0.15, 0.2) is 17.5 Å². The first-order valence-electron chi connectivity index (χ1n) is 25.7. The van der Waals surface area contributed by atoms with Gasteiger partial charge in [0.2, 0.25) is 0 Å². The Balaban J connectivity index is 1.38. The second kappa shape index (κ2) is 27.3. The third-order valence-electron chi connectivity index (χ3n) is 13.9. The summed E-state index contributed by atoms with van der Waals surface area (Å²) in [4.78, 5) is 31.7.